The average Bonchev–Trinajstić information content (AvgIpc) is 2.71. The van der Waals surface area contributed by atoms with Gasteiger partial charge in [-0.25, -0.2) is 0 Å². The topological polar surface area (TPSA) is 38.3 Å². The van der Waals surface area contributed by atoms with Gasteiger partial charge in [-0.1, -0.05) is 29.8 Å². The summed E-state index contributed by atoms with van der Waals surface area (Å²) in [6.45, 7) is 2.97. The Morgan fingerprint density at radius 2 is 1.66 bits per heavy atom. The molecular formula is C26H31NO2. The zero-order valence-corrected chi connectivity index (χ0v) is 17.5. The molecule has 2 aromatic carbocycles. The van der Waals surface area contributed by atoms with Gasteiger partial charge in [-0.2, -0.15) is 0 Å². The highest BCUT2D eigenvalue weighted by molar-refractivity contribution is 5.94. The Labute approximate surface area is 173 Å². The zero-order valence-electron chi connectivity index (χ0n) is 17.5. The molecule has 4 bridgehead atoms. The number of hydrogen-bond donors (Lipinski definition) is 1. The van der Waals surface area contributed by atoms with Crippen molar-refractivity contribution in [1.29, 1.82) is 0 Å². The normalized spacial score (nSPS) is 32.2. The Kier molecular flexibility index (Phi) is 4.45. The van der Waals surface area contributed by atoms with Gasteiger partial charge in [0.1, 0.15) is 5.75 Å². The monoisotopic (exact) mass is 389 g/mol. The van der Waals surface area contributed by atoms with E-state index in [0.717, 1.165) is 24.1 Å². The zero-order chi connectivity index (χ0) is 20.1. The van der Waals surface area contributed by atoms with E-state index in [9.17, 15) is 4.79 Å². The molecule has 0 saturated heterocycles. The van der Waals surface area contributed by atoms with Gasteiger partial charge in [0.05, 0.1) is 7.11 Å². The van der Waals surface area contributed by atoms with Crippen LogP contribution in [0.25, 0.3) is 0 Å². The molecule has 0 aromatic heterocycles. The molecule has 1 N–H and O–H groups in total. The van der Waals surface area contributed by atoms with Gasteiger partial charge < -0.3 is 10.1 Å². The number of amides is 1. The van der Waals surface area contributed by atoms with Crippen LogP contribution in [0, 0.1) is 24.2 Å². The first-order valence-corrected chi connectivity index (χ1v) is 11.0. The molecule has 1 amide bonds. The van der Waals surface area contributed by atoms with Crippen LogP contribution >= 0.6 is 0 Å². The molecule has 0 radical (unpaired) electrons. The van der Waals surface area contributed by atoms with Crippen molar-refractivity contribution in [2.24, 2.45) is 17.3 Å². The summed E-state index contributed by atoms with van der Waals surface area (Å²) >= 11 is 0. The number of ether oxygens (including phenoxy) is 1. The molecule has 4 saturated carbocycles. The van der Waals surface area contributed by atoms with Crippen molar-refractivity contribution in [3.8, 4) is 5.75 Å². The molecule has 4 aliphatic carbocycles. The first-order chi connectivity index (χ1) is 14.0. The molecule has 2 atom stereocenters. The fourth-order valence-corrected chi connectivity index (χ4v) is 7.02. The Bertz CT molecular complexity index is 885. The van der Waals surface area contributed by atoms with Crippen molar-refractivity contribution in [1.82, 2.24) is 5.32 Å². The minimum atomic E-state index is 0.0350. The van der Waals surface area contributed by atoms with E-state index in [4.69, 9.17) is 4.74 Å². The highest BCUT2D eigenvalue weighted by Crippen LogP contribution is 2.65. The van der Waals surface area contributed by atoms with Gasteiger partial charge in [-0.05, 0) is 97.9 Å². The molecule has 4 fully saturated rings. The summed E-state index contributed by atoms with van der Waals surface area (Å²) in [7, 11) is 1.64. The lowest BCUT2D eigenvalue weighted by Gasteiger charge is -2.62. The molecule has 152 valence electrons. The molecule has 2 aromatic rings. The number of carbonyl (C=O) groups excluding carboxylic acids is 1. The smallest absolute Gasteiger partial charge is 0.251 e. The quantitative estimate of drug-likeness (QED) is 0.756. The maximum Gasteiger partial charge on any atom is 0.251 e. The first kappa shape index (κ1) is 18.7. The van der Waals surface area contributed by atoms with E-state index in [0.29, 0.717) is 11.0 Å². The molecule has 4 aliphatic rings. The maximum absolute atomic E-state index is 12.8. The summed E-state index contributed by atoms with van der Waals surface area (Å²) in [4.78, 5) is 12.8. The largest absolute Gasteiger partial charge is 0.497 e. The van der Waals surface area contributed by atoms with Gasteiger partial charge in [0, 0.05) is 12.1 Å². The van der Waals surface area contributed by atoms with Crippen LogP contribution in [0.3, 0.4) is 0 Å². The van der Waals surface area contributed by atoms with Crippen LogP contribution in [0.15, 0.2) is 48.5 Å². The van der Waals surface area contributed by atoms with Crippen LogP contribution in [0.5, 0.6) is 5.75 Å². The fourth-order valence-electron chi connectivity index (χ4n) is 7.02. The molecule has 3 heteroatoms. The first-order valence-electron chi connectivity index (χ1n) is 11.0. The summed E-state index contributed by atoms with van der Waals surface area (Å²) in [5.74, 6) is 2.45. The Morgan fingerprint density at radius 1 is 1.00 bits per heavy atom. The van der Waals surface area contributed by atoms with Gasteiger partial charge in [-0.3, -0.25) is 4.79 Å². The third kappa shape index (κ3) is 3.35. The van der Waals surface area contributed by atoms with Gasteiger partial charge >= 0.3 is 0 Å². The summed E-state index contributed by atoms with van der Waals surface area (Å²) in [6.07, 6.45) is 7.84. The van der Waals surface area contributed by atoms with E-state index in [1.165, 1.54) is 49.7 Å². The van der Waals surface area contributed by atoms with Crippen molar-refractivity contribution in [3.63, 3.8) is 0 Å². The van der Waals surface area contributed by atoms with Crippen molar-refractivity contribution in [3.05, 3.63) is 65.2 Å². The number of rotatable bonds is 5. The van der Waals surface area contributed by atoms with Crippen molar-refractivity contribution < 1.29 is 9.53 Å². The number of methoxy groups -OCH3 is 1. The van der Waals surface area contributed by atoms with Crippen LogP contribution in [0.1, 0.15) is 60.0 Å². The second-order valence-electron chi connectivity index (χ2n) is 10.0. The summed E-state index contributed by atoms with van der Waals surface area (Å²) in [5, 5.41) is 3.29. The van der Waals surface area contributed by atoms with E-state index < -0.39 is 0 Å². The van der Waals surface area contributed by atoms with Crippen LogP contribution in [-0.4, -0.2) is 19.6 Å². The van der Waals surface area contributed by atoms with Crippen LogP contribution in [-0.2, 0) is 5.41 Å². The molecular weight excluding hydrogens is 358 g/mol. The van der Waals surface area contributed by atoms with Crippen LogP contribution < -0.4 is 10.1 Å². The Hall–Kier alpha value is -2.29. The molecule has 3 nitrogen and oxygen atoms in total. The average molecular weight is 390 g/mol. The van der Waals surface area contributed by atoms with E-state index >= 15 is 0 Å². The van der Waals surface area contributed by atoms with E-state index in [2.05, 4.69) is 36.5 Å². The highest BCUT2D eigenvalue weighted by Gasteiger charge is 2.58. The lowest BCUT2D eigenvalue weighted by atomic mass is 9.43. The van der Waals surface area contributed by atoms with Gasteiger partial charge in [0.2, 0.25) is 0 Å². The van der Waals surface area contributed by atoms with Crippen molar-refractivity contribution in [2.75, 3.05) is 13.7 Å². The molecule has 29 heavy (non-hydrogen) atoms. The predicted octanol–water partition coefficient (Wildman–Crippen LogP) is 5.27. The molecule has 0 spiro atoms. The minimum absolute atomic E-state index is 0.0350. The standard InChI is InChI=1S/C26H31NO2/c1-18-3-7-22(8-4-18)26-14-19-11-20(15-26)13-25(12-19,16-26)17-27-24(28)21-5-9-23(29-2)10-6-21/h3-10,19-20H,11-17H2,1-2H3,(H,27,28). The summed E-state index contributed by atoms with van der Waals surface area (Å²) in [6, 6.07) is 16.7. The Balaban J connectivity index is 1.34. The molecule has 0 aliphatic heterocycles. The van der Waals surface area contributed by atoms with Gasteiger partial charge in [0.25, 0.3) is 5.91 Å². The van der Waals surface area contributed by atoms with Crippen molar-refractivity contribution >= 4 is 5.91 Å². The van der Waals surface area contributed by atoms with E-state index in [1.54, 1.807) is 7.11 Å². The van der Waals surface area contributed by atoms with Gasteiger partial charge in [-0.15, -0.1) is 0 Å². The number of hydrogen-bond acceptors (Lipinski definition) is 2. The van der Waals surface area contributed by atoms with Crippen LogP contribution in [0.4, 0.5) is 0 Å². The van der Waals surface area contributed by atoms with E-state index in [-0.39, 0.29) is 11.3 Å². The molecule has 0 heterocycles. The molecule has 6 rings (SSSR count). The number of aryl methyl sites for hydroxylation is 1. The van der Waals surface area contributed by atoms with Gasteiger partial charge in [0.15, 0.2) is 0 Å². The summed E-state index contributed by atoms with van der Waals surface area (Å²) in [5.41, 5.74) is 4.16. The van der Waals surface area contributed by atoms with Crippen LogP contribution in [0.2, 0.25) is 0 Å². The number of carbonyl (C=O) groups is 1. The lowest BCUT2D eigenvalue weighted by molar-refractivity contribution is -0.0697. The third-order valence-corrected chi connectivity index (χ3v) is 7.82. The second kappa shape index (κ2) is 6.90. The van der Waals surface area contributed by atoms with E-state index in [1.807, 2.05) is 24.3 Å². The highest BCUT2D eigenvalue weighted by atomic mass is 16.5. The Morgan fingerprint density at radius 3 is 2.28 bits per heavy atom. The SMILES string of the molecule is COc1ccc(C(=O)NCC23CC4CC(C2)CC(c2ccc(C)cc2)(C4)C3)cc1. The summed E-state index contributed by atoms with van der Waals surface area (Å²) < 4.78 is 5.20. The minimum Gasteiger partial charge on any atom is -0.497 e. The lowest BCUT2D eigenvalue weighted by Crippen LogP contribution is -2.57. The fraction of sp³-hybridized carbons (Fsp3) is 0.500. The van der Waals surface area contributed by atoms with Crippen molar-refractivity contribution in [2.45, 2.75) is 50.9 Å². The molecule has 2 unspecified atom stereocenters. The predicted molar refractivity (Wildman–Crippen MR) is 115 cm³/mol. The number of benzene rings is 2. The maximum atomic E-state index is 12.8. The second-order valence-corrected chi connectivity index (χ2v) is 10.0. The third-order valence-electron chi connectivity index (χ3n) is 7.82. The number of nitrogens with one attached hydrogen (secondary N) is 1.